The van der Waals surface area contributed by atoms with Gasteiger partial charge in [0.15, 0.2) is 0 Å². The van der Waals surface area contributed by atoms with Gasteiger partial charge in [-0.15, -0.1) is 0 Å². The summed E-state index contributed by atoms with van der Waals surface area (Å²) < 4.78 is 36.2. The molecule has 3 unspecified atom stereocenters. The zero-order valence-corrected chi connectivity index (χ0v) is 33.7. The van der Waals surface area contributed by atoms with Crippen LogP contribution < -0.4 is 41.0 Å². The van der Waals surface area contributed by atoms with Crippen molar-refractivity contribution in [1.29, 1.82) is 0 Å². The minimum Gasteiger partial charge on any atom is -1.00 e. The van der Waals surface area contributed by atoms with Gasteiger partial charge in [0.2, 0.25) is 0 Å². The van der Waals surface area contributed by atoms with E-state index in [1.807, 2.05) is 0 Å². The van der Waals surface area contributed by atoms with Crippen LogP contribution in [0.2, 0.25) is 0 Å². The fourth-order valence-corrected chi connectivity index (χ4v) is 7.86. The van der Waals surface area contributed by atoms with Crippen LogP contribution in [0.1, 0.15) is 150 Å². The van der Waals surface area contributed by atoms with E-state index in [0.717, 1.165) is 6.42 Å². The van der Waals surface area contributed by atoms with Crippen LogP contribution >= 0.6 is 19.6 Å². The van der Waals surface area contributed by atoms with Gasteiger partial charge in [0.1, 0.15) is 12.0 Å². The van der Waals surface area contributed by atoms with Crippen molar-refractivity contribution in [2.75, 3.05) is 31.3 Å². The van der Waals surface area contributed by atoms with Crippen molar-refractivity contribution in [2.45, 2.75) is 166 Å². The predicted molar refractivity (Wildman–Crippen MR) is 190 cm³/mol. The molecule has 1 aromatic heterocycles. The second-order valence-electron chi connectivity index (χ2n) is 12.7. The molecule has 2 heterocycles. The minimum absolute atomic E-state index is 0. The number of hydrogen-bond acceptors (Lipinski definition) is 9. The van der Waals surface area contributed by atoms with Gasteiger partial charge in [0.25, 0.3) is 0 Å². The molecule has 13 heteroatoms. The molecular formula is C34H65N3NaO7PS. The van der Waals surface area contributed by atoms with Gasteiger partial charge < -0.3 is 21.5 Å². The Morgan fingerprint density at radius 3 is 2.23 bits per heavy atom. The average molecular weight is 714 g/mol. The second kappa shape index (κ2) is 27.7. The summed E-state index contributed by atoms with van der Waals surface area (Å²) in [7, 11) is -4.23. The molecule has 2 rings (SSSR count). The summed E-state index contributed by atoms with van der Waals surface area (Å²) in [6.45, 7) is 7.10. The molecular weight excluding hydrogens is 648 g/mol. The Bertz CT molecular complexity index is 1030. The quantitative estimate of drug-likeness (QED) is 0.0584. The van der Waals surface area contributed by atoms with E-state index in [-0.39, 0.29) is 56.1 Å². The number of rotatable bonds is 29. The van der Waals surface area contributed by atoms with Gasteiger partial charge in [0.05, 0.1) is 25.4 Å². The monoisotopic (exact) mass is 713 g/mol. The molecule has 1 aliphatic rings. The van der Waals surface area contributed by atoms with Gasteiger partial charge in [0, 0.05) is 18.1 Å². The summed E-state index contributed by atoms with van der Waals surface area (Å²) in [5.74, 6) is 1.32. The first-order valence-electron chi connectivity index (χ1n) is 18.1. The molecule has 0 bridgehead atoms. The molecule has 270 valence electrons. The Labute approximate surface area is 312 Å². The SMILES string of the molecule is CCCCCCCCCCCCSC(CCCCCCC)C(C)OCCCOP(=O)(O)OC[C@@H]1CC[C@H](n2ccc(N)nc2=O)O1.[H-].[Na+]. The Kier molecular flexibility index (Phi) is 26.6. The molecule has 1 aromatic rings. The van der Waals surface area contributed by atoms with Crippen molar-refractivity contribution in [3.05, 3.63) is 22.7 Å². The van der Waals surface area contributed by atoms with Crippen molar-refractivity contribution >= 4 is 25.4 Å². The molecule has 3 N–H and O–H groups in total. The maximum absolute atomic E-state index is 12.4. The van der Waals surface area contributed by atoms with E-state index in [2.05, 4.69) is 37.5 Å². The summed E-state index contributed by atoms with van der Waals surface area (Å²) >= 11 is 2.06. The van der Waals surface area contributed by atoms with Crippen LogP contribution in [0.15, 0.2) is 17.1 Å². The number of unbranched alkanes of at least 4 members (excludes halogenated alkanes) is 13. The molecule has 5 atom stereocenters. The van der Waals surface area contributed by atoms with E-state index in [0.29, 0.717) is 31.1 Å². The molecule has 47 heavy (non-hydrogen) atoms. The molecule has 0 radical (unpaired) electrons. The van der Waals surface area contributed by atoms with Crippen LogP contribution in [0.5, 0.6) is 0 Å². The molecule has 0 amide bonds. The molecule has 0 aliphatic carbocycles. The third-order valence-electron chi connectivity index (χ3n) is 8.54. The number of aromatic nitrogens is 2. The van der Waals surface area contributed by atoms with Crippen molar-refractivity contribution in [3.8, 4) is 0 Å². The number of nitrogens with zero attached hydrogens (tertiary/aromatic N) is 2. The first-order valence-corrected chi connectivity index (χ1v) is 20.6. The number of phosphoric ester groups is 1. The Balaban J connectivity index is 0.0000110. The van der Waals surface area contributed by atoms with Crippen LogP contribution in [0, 0.1) is 0 Å². The van der Waals surface area contributed by atoms with Gasteiger partial charge in [-0.05, 0) is 50.8 Å². The van der Waals surface area contributed by atoms with E-state index in [9.17, 15) is 14.3 Å². The first-order chi connectivity index (χ1) is 22.3. The molecule has 0 saturated carbocycles. The van der Waals surface area contributed by atoms with Gasteiger partial charge in [-0.1, -0.05) is 104 Å². The second-order valence-corrected chi connectivity index (χ2v) is 15.5. The fourth-order valence-electron chi connectivity index (χ4n) is 5.72. The number of phosphoric acid groups is 1. The van der Waals surface area contributed by atoms with Crippen molar-refractivity contribution in [2.24, 2.45) is 0 Å². The van der Waals surface area contributed by atoms with Crippen molar-refractivity contribution in [1.82, 2.24) is 9.55 Å². The molecule has 10 nitrogen and oxygen atoms in total. The predicted octanol–water partition coefficient (Wildman–Crippen LogP) is 5.93. The zero-order chi connectivity index (χ0) is 33.5. The Hall–Kier alpha value is 0.0600. The number of ether oxygens (including phenoxy) is 2. The molecule has 1 saturated heterocycles. The molecule has 1 fully saturated rings. The Morgan fingerprint density at radius 2 is 1.60 bits per heavy atom. The van der Waals surface area contributed by atoms with Gasteiger partial charge in [-0.3, -0.25) is 13.6 Å². The number of hydrogen-bond donors (Lipinski definition) is 2. The topological polar surface area (TPSA) is 135 Å². The van der Waals surface area contributed by atoms with Crippen LogP contribution in [-0.2, 0) is 23.1 Å². The van der Waals surface area contributed by atoms with Gasteiger partial charge in [-0.25, -0.2) is 9.36 Å². The fraction of sp³-hybridized carbons (Fsp3) is 0.882. The normalized spacial score (nSPS) is 18.9. The van der Waals surface area contributed by atoms with Crippen LogP contribution in [0.25, 0.3) is 0 Å². The maximum atomic E-state index is 12.4. The number of thioether (sulfide) groups is 1. The van der Waals surface area contributed by atoms with Gasteiger partial charge >= 0.3 is 43.1 Å². The first kappa shape index (κ1) is 45.1. The summed E-state index contributed by atoms with van der Waals surface area (Å²) in [5.41, 5.74) is 5.05. The summed E-state index contributed by atoms with van der Waals surface area (Å²) in [4.78, 5) is 25.9. The van der Waals surface area contributed by atoms with Crippen molar-refractivity contribution < 1.29 is 59.0 Å². The van der Waals surface area contributed by atoms with E-state index in [1.165, 1.54) is 119 Å². The molecule has 1 aliphatic heterocycles. The average Bonchev–Trinajstić information content (AvgIpc) is 3.50. The van der Waals surface area contributed by atoms with E-state index >= 15 is 0 Å². The molecule has 0 aromatic carbocycles. The van der Waals surface area contributed by atoms with E-state index in [1.54, 1.807) is 0 Å². The van der Waals surface area contributed by atoms with Crippen LogP contribution in [0.3, 0.4) is 0 Å². The number of nitrogen functional groups attached to an aromatic ring is 1. The minimum atomic E-state index is -4.23. The van der Waals surface area contributed by atoms with E-state index in [4.69, 9.17) is 24.3 Å². The number of nitrogens with two attached hydrogens (primary N) is 1. The third kappa shape index (κ3) is 21.1. The standard InChI is InChI=1S/C34H64N3O7PS.Na.H/c1-4-6-8-10-11-12-13-14-16-18-27-46-31(20-17-15-9-7-5-2)29(3)41-25-19-26-42-45(39,40)43-28-30-21-22-33(44-30)37-24-23-32(35)36-34(37)38;;/h23-24,29-31,33H,4-22,25-28H2,1-3H3,(H,39,40)(H2,35,36,38);;/q;+1;-1/t29?,30-,31?,33+;;/m0../s1. The third-order valence-corrected chi connectivity index (χ3v) is 11.1. The van der Waals surface area contributed by atoms with Crippen molar-refractivity contribution in [3.63, 3.8) is 0 Å². The summed E-state index contributed by atoms with van der Waals surface area (Å²) in [6.07, 6.45) is 23.4. The van der Waals surface area contributed by atoms with Crippen LogP contribution in [0.4, 0.5) is 5.82 Å². The zero-order valence-electron chi connectivity index (χ0n) is 31.0. The Morgan fingerprint density at radius 1 is 0.979 bits per heavy atom. The molecule has 0 spiro atoms. The summed E-state index contributed by atoms with van der Waals surface area (Å²) in [5, 5.41) is 0.462. The van der Waals surface area contributed by atoms with Gasteiger partial charge in [-0.2, -0.15) is 16.7 Å². The smallest absolute Gasteiger partial charge is 1.00 e. The largest absolute Gasteiger partial charge is 1.00 e. The number of anilines is 1. The van der Waals surface area contributed by atoms with E-state index < -0.39 is 25.8 Å². The van der Waals surface area contributed by atoms with Crippen LogP contribution in [-0.4, -0.2) is 57.5 Å². The maximum Gasteiger partial charge on any atom is 1.00 e. The summed E-state index contributed by atoms with van der Waals surface area (Å²) in [6, 6.07) is 1.53.